The van der Waals surface area contributed by atoms with Gasteiger partial charge < -0.3 is 29.6 Å². The number of hydrogen-bond acceptors (Lipinski definition) is 8. The number of nitrogens with zero attached hydrogens (tertiary/aromatic N) is 3. The molecule has 2 N–H and O–H groups in total. The third-order valence-electron chi connectivity index (χ3n) is 8.48. The minimum Gasteiger partial charge on any atom is -0.493 e. The minimum atomic E-state index is -0.509. The Morgan fingerprint density at radius 3 is 2.40 bits per heavy atom. The average molecular weight is 549 g/mol. The van der Waals surface area contributed by atoms with Gasteiger partial charge in [-0.1, -0.05) is 19.9 Å². The zero-order chi connectivity index (χ0) is 28.4. The predicted molar refractivity (Wildman–Crippen MR) is 153 cm³/mol. The number of amides is 1. The highest BCUT2D eigenvalue weighted by Gasteiger charge is 2.47. The van der Waals surface area contributed by atoms with Crippen LogP contribution in [0.3, 0.4) is 0 Å². The highest BCUT2D eigenvalue weighted by Crippen LogP contribution is 2.40. The normalized spacial score (nSPS) is 20.7. The van der Waals surface area contributed by atoms with Gasteiger partial charge in [-0.15, -0.1) is 0 Å². The lowest BCUT2D eigenvalue weighted by atomic mass is 9.78. The number of rotatable bonds is 10. The van der Waals surface area contributed by atoms with Gasteiger partial charge in [-0.25, -0.2) is 0 Å². The summed E-state index contributed by atoms with van der Waals surface area (Å²) in [7, 11) is 3.21. The Kier molecular flexibility index (Phi) is 8.03. The summed E-state index contributed by atoms with van der Waals surface area (Å²) in [6.45, 7) is 6.23. The third kappa shape index (κ3) is 5.39. The average Bonchev–Trinajstić information content (AvgIpc) is 3.77. The summed E-state index contributed by atoms with van der Waals surface area (Å²) in [6, 6.07) is 11.0. The van der Waals surface area contributed by atoms with Crippen molar-refractivity contribution in [2.24, 2.45) is 22.2 Å². The van der Waals surface area contributed by atoms with Crippen molar-refractivity contribution in [2.45, 2.75) is 58.2 Å². The van der Waals surface area contributed by atoms with Crippen molar-refractivity contribution in [1.82, 2.24) is 9.91 Å². The first-order chi connectivity index (χ1) is 19.3. The molecule has 1 saturated heterocycles. The molecule has 9 heteroatoms. The number of carbonyl (C=O) groups is 2. The Morgan fingerprint density at radius 1 is 1.05 bits per heavy atom. The van der Waals surface area contributed by atoms with Gasteiger partial charge in [0.15, 0.2) is 11.5 Å². The standard InChI is InChI=1S/C31H40N4O5/c1-31(2)28(18-36)35(33-29(31)21-8-10-26(38-3)27(15-21)39-4)23-11-13-34(14-12-23)30(37)25-16-24(9-7-22(25)17-32)40-19-20-5-6-20/h7-10,15-16,18,20,23,28H,5-6,11-14,17,19,32H2,1-4H3. The van der Waals surface area contributed by atoms with Crippen molar-refractivity contribution < 1.29 is 23.8 Å². The van der Waals surface area contributed by atoms with Crippen LogP contribution in [0.2, 0.25) is 0 Å². The zero-order valence-electron chi connectivity index (χ0n) is 23.9. The maximum absolute atomic E-state index is 13.6. The van der Waals surface area contributed by atoms with Gasteiger partial charge in [0.25, 0.3) is 5.91 Å². The van der Waals surface area contributed by atoms with Crippen molar-refractivity contribution in [3.8, 4) is 17.2 Å². The molecule has 0 bridgehead atoms. The Labute approximate surface area is 236 Å². The van der Waals surface area contributed by atoms with Crippen LogP contribution < -0.4 is 19.9 Å². The fourth-order valence-corrected chi connectivity index (χ4v) is 5.76. The monoisotopic (exact) mass is 548 g/mol. The van der Waals surface area contributed by atoms with Gasteiger partial charge in [-0.2, -0.15) is 5.10 Å². The molecule has 5 rings (SSSR count). The molecular formula is C31H40N4O5. The molecule has 1 amide bonds. The molecule has 2 aromatic rings. The molecule has 2 fully saturated rings. The van der Waals surface area contributed by atoms with Crippen LogP contribution in [0.25, 0.3) is 0 Å². The first-order valence-electron chi connectivity index (χ1n) is 14.1. The number of benzene rings is 2. The van der Waals surface area contributed by atoms with Gasteiger partial charge in [0, 0.05) is 36.2 Å². The van der Waals surface area contributed by atoms with E-state index in [1.165, 1.54) is 12.8 Å². The molecule has 1 unspecified atom stereocenters. The largest absolute Gasteiger partial charge is 0.493 e. The van der Waals surface area contributed by atoms with E-state index in [-0.39, 0.29) is 18.5 Å². The summed E-state index contributed by atoms with van der Waals surface area (Å²) in [5, 5.41) is 6.97. The van der Waals surface area contributed by atoms with E-state index in [9.17, 15) is 9.59 Å². The molecule has 2 aromatic carbocycles. The van der Waals surface area contributed by atoms with Gasteiger partial charge in [-0.3, -0.25) is 9.80 Å². The quantitative estimate of drug-likeness (QED) is 0.449. The van der Waals surface area contributed by atoms with Crippen molar-refractivity contribution >= 4 is 17.9 Å². The Bertz CT molecular complexity index is 1280. The van der Waals surface area contributed by atoms with Gasteiger partial charge in [0.2, 0.25) is 0 Å². The van der Waals surface area contributed by atoms with Gasteiger partial charge in [0.05, 0.1) is 32.6 Å². The van der Waals surface area contributed by atoms with Crippen LogP contribution in [-0.2, 0) is 11.3 Å². The number of methoxy groups -OCH3 is 2. The fourth-order valence-electron chi connectivity index (χ4n) is 5.76. The van der Waals surface area contributed by atoms with Crippen LogP contribution in [0.5, 0.6) is 17.2 Å². The summed E-state index contributed by atoms with van der Waals surface area (Å²) in [5.74, 6) is 2.58. The number of hydrogen-bond donors (Lipinski definition) is 1. The number of nitrogens with two attached hydrogens (primary N) is 1. The minimum absolute atomic E-state index is 0.0287. The highest BCUT2D eigenvalue weighted by molar-refractivity contribution is 6.07. The number of ether oxygens (including phenoxy) is 3. The predicted octanol–water partition coefficient (Wildman–Crippen LogP) is 3.87. The summed E-state index contributed by atoms with van der Waals surface area (Å²) < 4.78 is 16.8. The second kappa shape index (κ2) is 11.5. The molecule has 2 aliphatic heterocycles. The maximum atomic E-state index is 13.6. The summed E-state index contributed by atoms with van der Waals surface area (Å²) in [6.07, 6.45) is 4.84. The highest BCUT2D eigenvalue weighted by atomic mass is 16.5. The van der Waals surface area contributed by atoms with Crippen molar-refractivity contribution in [3.63, 3.8) is 0 Å². The van der Waals surface area contributed by atoms with E-state index >= 15 is 0 Å². The summed E-state index contributed by atoms with van der Waals surface area (Å²) in [4.78, 5) is 27.8. The molecule has 214 valence electrons. The molecular weight excluding hydrogens is 508 g/mol. The zero-order valence-corrected chi connectivity index (χ0v) is 23.9. The molecule has 0 radical (unpaired) electrons. The van der Waals surface area contributed by atoms with Gasteiger partial charge >= 0.3 is 0 Å². The number of aldehydes is 1. The van der Waals surface area contributed by atoms with Crippen molar-refractivity contribution in [1.29, 1.82) is 0 Å². The second-order valence-electron chi connectivity index (χ2n) is 11.5. The number of carbonyl (C=O) groups excluding carboxylic acids is 2. The molecule has 0 spiro atoms. The molecule has 1 saturated carbocycles. The molecule has 9 nitrogen and oxygen atoms in total. The second-order valence-corrected chi connectivity index (χ2v) is 11.5. The van der Waals surface area contributed by atoms with Crippen LogP contribution in [-0.4, -0.2) is 73.8 Å². The van der Waals surface area contributed by atoms with Crippen molar-refractivity contribution in [3.05, 3.63) is 53.1 Å². The van der Waals surface area contributed by atoms with E-state index < -0.39 is 11.5 Å². The van der Waals surface area contributed by atoms with Crippen LogP contribution >= 0.6 is 0 Å². The van der Waals surface area contributed by atoms with Gasteiger partial charge in [0.1, 0.15) is 18.1 Å². The maximum Gasteiger partial charge on any atom is 0.254 e. The first-order valence-corrected chi connectivity index (χ1v) is 14.1. The summed E-state index contributed by atoms with van der Waals surface area (Å²) >= 11 is 0. The molecule has 0 aromatic heterocycles. The van der Waals surface area contributed by atoms with E-state index in [4.69, 9.17) is 25.0 Å². The Hall–Kier alpha value is -3.59. The van der Waals surface area contributed by atoms with E-state index in [1.807, 2.05) is 60.2 Å². The summed E-state index contributed by atoms with van der Waals surface area (Å²) in [5.41, 5.74) is 8.62. The van der Waals surface area contributed by atoms with E-state index in [1.54, 1.807) is 14.2 Å². The number of hydrazone groups is 1. The van der Waals surface area contributed by atoms with Crippen LogP contribution in [0.15, 0.2) is 41.5 Å². The molecule has 1 atom stereocenters. The molecule has 3 aliphatic rings. The number of piperidine rings is 1. The van der Waals surface area contributed by atoms with Crippen LogP contribution in [0.4, 0.5) is 0 Å². The molecule has 1 aliphatic carbocycles. The van der Waals surface area contributed by atoms with E-state index in [0.29, 0.717) is 61.3 Å². The van der Waals surface area contributed by atoms with E-state index in [2.05, 4.69) is 0 Å². The third-order valence-corrected chi connectivity index (χ3v) is 8.48. The lowest BCUT2D eigenvalue weighted by molar-refractivity contribution is -0.115. The smallest absolute Gasteiger partial charge is 0.254 e. The molecule has 2 heterocycles. The van der Waals surface area contributed by atoms with Crippen molar-refractivity contribution in [2.75, 3.05) is 33.9 Å². The fraction of sp³-hybridized carbons (Fsp3) is 0.516. The van der Waals surface area contributed by atoms with Crippen LogP contribution in [0.1, 0.15) is 61.0 Å². The Morgan fingerprint density at radius 2 is 1.77 bits per heavy atom. The van der Waals surface area contributed by atoms with E-state index in [0.717, 1.165) is 23.1 Å². The van der Waals surface area contributed by atoms with Crippen LogP contribution in [0, 0.1) is 11.3 Å². The number of likely N-dealkylation sites (tertiary alicyclic amines) is 1. The topological polar surface area (TPSA) is 107 Å². The van der Waals surface area contributed by atoms with Gasteiger partial charge in [-0.05, 0) is 67.5 Å². The first kappa shape index (κ1) is 28.0. The lowest BCUT2D eigenvalue weighted by Gasteiger charge is -2.39. The molecule has 40 heavy (non-hydrogen) atoms. The SMILES string of the molecule is COc1ccc(C2=NN(C3CCN(C(=O)c4cc(OCC5CC5)ccc4CN)CC3)C(C=O)C2(C)C)cc1OC. The Balaban J connectivity index is 1.31. The lowest BCUT2D eigenvalue weighted by Crippen LogP contribution is -2.50.